The number of nitrogens with zero attached hydrogens (tertiary/aromatic N) is 3. The lowest BCUT2D eigenvalue weighted by Crippen LogP contribution is -2.46. The van der Waals surface area contributed by atoms with Crippen LogP contribution in [0, 0.1) is 5.82 Å². The maximum absolute atomic E-state index is 14.7. The fourth-order valence-corrected chi connectivity index (χ4v) is 4.38. The molecule has 0 saturated carbocycles. The molecule has 0 fully saturated rings. The van der Waals surface area contributed by atoms with E-state index in [0.29, 0.717) is 24.3 Å². The second-order valence-electron chi connectivity index (χ2n) is 8.55. The molecular weight excluding hydrogens is 471 g/mol. The normalized spacial score (nSPS) is 18.2. The Morgan fingerprint density at radius 3 is 2.77 bits per heavy atom. The highest BCUT2D eigenvalue weighted by Crippen LogP contribution is 2.39. The van der Waals surface area contributed by atoms with E-state index in [1.54, 1.807) is 21.7 Å². The van der Waals surface area contributed by atoms with Crippen LogP contribution < -0.4 is 10.1 Å². The lowest BCUT2D eigenvalue weighted by atomic mass is 9.96. The summed E-state index contributed by atoms with van der Waals surface area (Å²) in [6.07, 6.45) is 0.118. The minimum Gasteiger partial charge on any atom is -0.491 e. The van der Waals surface area contributed by atoms with Crippen molar-refractivity contribution in [3.8, 4) is 11.4 Å². The molecule has 0 aliphatic carbocycles. The summed E-state index contributed by atoms with van der Waals surface area (Å²) in [5.74, 6) is -0.655. The molecule has 2 aliphatic rings. The van der Waals surface area contributed by atoms with Crippen molar-refractivity contribution in [3.63, 3.8) is 0 Å². The van der Waals surface area contributed by atoms with Crippen LogP contribution in [0.2, 0.25) is 0 Å². The maximum Gasteiger partial charge on any atom is 0.410 e. The maximum atomic E-state index is 14.7. The van der Waals surface area contributed by atoms with Crippen molar-refractivity contribution in [2.75, 3.05) is 20.2 Å². The van der Waals surface area contributed by atoms with Crippen LogP contribution in [0.3, 0.4) is 0 Å². The summed E-state index contributed by atoms with van der Waals surface area (Å²) in [6.45, 7) is 6.08. The average Bonchev–Trinajstić information content (AvgIpc) is 2.95. The Kier molecular flexibility index (Phi) is 5.45. The van der Waals surface area contributed by atoms with Crippen LogP contribution >= 0.6 is 15.9 Å². The fourth-order valence-electron chi connectivity index (χ4n) is 4.07. The number of carbonyl (C=O) groups is 2. The van der Waals surface area contributed by atoms with Gasteiger partial charge in [0.25, 0.3) is 0 Å². The van der Waals surface area contributed by atoms with Crippen LogP contribution in [0.15, 0.2) is 16.6 Å². The number of benzene rings is 1. The molecule has 31 heavy (non-hydrogen) atoms. The lowest BCUT2D eigenvalue weighted by molar-refractivity contribution is -0.120. The van der Waals surface area contributed by atoms with E-state index in [4.69, 9.17) is 9.47 Å². The third kappa shape index (κ3) is 3.88. The lowest BCUT2D eigenvalue weighted by Gasteiger charge is -2.36. The zero-order chi connectivity index (χ0) is 22.5. The SMILES string of the molecule is COc1c(-n2nc3c4c2CCN(C(=O)OC(C)(C)C)C4CNC(=O)C3)ccc(Br)c1F. The van der Waals surface area contributed by atoms with Gasteiger partial charge in [0.05, 0.1) is 35.4 Å². The average molecular weight is 495 g/mol. The van der Waals surface area contributed by atoms with Gasteiger partial charge in [0, 0.05) is 25.1 Å². The molecule has 0 spiro atoms. The Bertz CT molecular complexity index is 1060. The number of hydrogen-bond donors (Lipinski definition) is 1. The topological polar surface area (TPSA) is 85.7 Å². The van der Waals surface area contributed by atoms with Gasteiger partial charge in [0.1, 0.15) is 11.3 Å². The molecule has 1 N–H and O–H groups in total. The quantitative estimate of drug-likeness (QED) is 0.692. The van der Waals surface area contributed by atoms with E-state index in [-0.39, 0.29) is 29.1 Å². The zero-order valence-corrected chi connectivity index (χ0v) is 19.4. The molecule has 1 atom stereocenters. The third-order valence-corrected chi connectivity index (χ3v) is 5.92. The highest BCUT2D eigenvalue weighted by Gasteiger charge is 2.40. The van der Waals surface area contributed by atoms with Crippen molar-refractivity contribution < 1.29 is 23.5 Å². The van der Waals surface area contributed by atoms with Gasteiger partial charge in [0.15, 0.2) is 11.6 Å². The van der Waals surface area contributed by atoms with Crippen LogP contribution in [-0.2, 0) is 22.4 Å². The first-order valence-corrected chi connectivity index (χ1v) is 10.8. The number of halogens is 2. The Labute approximate surface area is 187 Å². The summed E-state index contributed by atoms with van der Waals surface area (Å²) in [4.78, 5) is 26.8. The Hall–Kier alpha value is -2.62. The predicted molar refractivity (Wildman–Crippen MR) is 114 cm³/mol. The van der Waals surface area contributed by atoms with Crippen molar-refractivity contribution in [1.82, 2.24) is 20.0 Å². The minimum absolute atomic E-state index is 0.0545. The number of rotatable bonds is 2. The van der Waals surface area contributed by atoms with Gasteiger partial charge in [-0.2, -0.15) is 5.10 Å². The molecule has 8 nitrogen and oxygen atoms in total. The van der Waals surface area contributed by atoms with E-state index >= 15 is 0 Å². The largest absolute Gasteiger partial charge is 0.491 e. The van der Waals surface area contributed by atoms with Crippen molar-refractivity contribution in [1.29, 1.82) is 0 Å². The molecule has 10 heteroatoms. The molecule has 166 valence electrons. The Morgan fingerprint density at radius 1 is 1.35 bits per heavy atom. The van der Waals surface area contributed by atoms with Crippen LogP contribution in [0.5, 0.6) is 5.75 Å². The number of nitrogens with one attached hydrogen (secondary N) is 1. The first kappa shape index (κ1) is 21.6. The van der Waals surface area contributed by atoms with Gasteiger partial charge in [-0.15, -0.1) is 0 Å². The van der Waals surface area contributed by atoms with E-state index in [9.17, 15) is 14.0 Å². The molecular formula is C21H24BrFN4O4. The first-order valence-electron chi connectivity index (χ1n) is 10.00. The van der Waals surface area contributed by atoms with Crippen LogP contribution in [0.4, 0.5) is 9.18 Å². The second-order valence-corrected chi connectivity index (χ2v) is 9.41. The predicted octanol–water partition coefficient (Wildman–Crippen LogP) is 3.29. The number of aromatic nitrogens is 2. The molecule has 2 amide bonds. The summed E-state index contributed by atoms with van der Waals surface area (Å²) in [7, 11) is 1.40. The number of hydrogen-bond acceptors (Lipinski definition) is 5. The standard InChI is InChI=1S/C21H24BrFN4O4/c1-21(2,3)31-20(29)26-8-7-13-17-12(9-16(28)24-10-15(17)26)25-27(13)14-6-5-11(22)18(23)19(14)30-4/h5-6,15H,7-10H2,1-4H3,(H,24,28). The summed E-state index contributed by atoms with van der Waals surface area (Å²) in [5, 5.41) is 7.51. The van der Waals surface area contributed by atoms with Crippen LogP contribution in [0.1, 0.15) is 43.8 Å². The third-order valence-electron chi connectivity index (χ3n) is 5.31. The fraction of sp³-hybridized carbons (Fsp3) is 0.476. The van der Waals surface area contributed by atoms with Gasteiger partial charge in [-0.1, -0.05) is 0 Å². The highest BCUT2D eigenvalue weighted by atomic mass is 79.9. The summed E-state index contributed by atoms with van der Waals surface area (Å²) in [6, 6.07) is 2.89. The monoisotopic (exact) mass is 494 g/mol. The molecule has 1 aromatic carbocycles. The molecule has 1 unspecified atom stereocenters. The van der Waals surface area contributed by atoms with Crippen molar-refractivity contribution >= 4 is 27.9 Å². The smallest absolute Gasteiger partial charge is 0.410 e. The van der Waals surface area contributed by atoms with Gasteiger partial charge in [-0.25, -0.2) is 13.9 Å². The summed E-state index contributed by atoms with van der Waals surface area (Å²) in [5.41, 5.74) is 2.00. The Morgan fingerprint density at radius 2 is 2.10 bits per heavy atom. The number of amides is 2. The highest BCUT2D eigenvalue weighted by molar-refractivity contribution is 9.10. The summed E-state index contributed by atoms with van der Waals surface area (Å²) >= 11 is 3.18. The molecule has 2 aliphatic heterocycles. The number of ether oxygens (including phenoxy) is 2. The van der Waals surface area contributed by atoms with Gasteiger partial charge in [-0.05, 0) is 48.8 Å². The van der Waals surface area contributed by atoms with Gasteiger partial charge < -0.3 is 14.8 Å². The minimum atomic E-state index is -0.638. The summed E-state index contributed by atoms with van der Waals surface area (Å²) < 4.78 is 27.5. The molecule has 4 rings (SSSR count). The van der Waals surface area contributed by atoms with Gasteiger partial charge in [0.2, 0.25) is 5.91 Å². The van der Waals surface area contributed by atoms with Crippen LogP contribution in [-0.4, -0.2) is 52.5 Å². The molecule has 3 heterocycles. The molecule has 2 aromatic rings. The molecule has 0 saturated heterocycles. The Balaban J connectivity index is 1.83. The van der Waals surface area contributed by atoms with E-state index in [1.807, 2.05) is 20.8 Å². The van der Waals surface area contributed by atoms with Gasteiger partial charge in [-0.3, -0.25) is 9.69 Å². The first-order chi connectivity index (χ1) is 14.6. The number of carbonyl (C=O) groups excluding carboxylic acids is 2. The zero-order valence-electron chi connectivity index (χ0n) is 17.8. The second kappa shape index (κ2) is 7.81. The molecule has 0 radical (unpaired) electrons. The number of methoxy groups -OCH3 is 1. The van der Waals surface area contributed by atoms with Crippen molar-refractivity contribution in [2.24, 2.45) is 0 Å². The molecule has 0 bridgehead atoms. The van der Waals surface area contributed by atoms with Gasteiger partial charge >= 0.3 is 6.09 Å². The van der Waals surface area contributed by atoms with Crippen molar-refractivity contribution in [3.05, 3.63) is 39.4 Å². The van der Waals surface area contributed by atoms with Crippen LogP contribution in [0.25, 0.3) is 5.69 Å². The van der Waals surface area contributed by atoms with E-state index in [2.05, 4.69) is 26.3 Å². The van der Waals surface area contributed by atoms with E-state index < -0.39 is 23.6 Å². The van der Waals surface area contributed by atoms with E-state index in [0.717, 1.165) is 11.3 Å². The molecule has 1 aromatic heterocycles. The van der Waals surface area contributed by atoms with Crippen molar-refractivity contribution in [2.45, 2.75) is 45.3 Å². The van der Waals surface area contributed by atoms with E-state index in [1.165, 1.54) is 7.11 Å².